The molecule has 0 aliphatic rings. The minimum Gasteiger partial charge on any atom is -0.441 e. The van der Waals surface area contributed by atoms with Crippen LogP contribution in [0.3, 0.4) is 0 Å². The van der Waals surface area contributed by atoms with Gasteiger partial charge in [-0.05, 0) is 12.1 Å². The number of aromatic nitrogens is 1. The minimum absolute atomic E-state index is 0.310. The largest absolute Gasteiger partial charge is 0.441 e. The number of aryl methyl sites for hydroxylation is 1. The monoisotopic (exact) mass is 151 g/mol. The number of rotatable bonds is 0. The van der Waals surface area contributed by atoms with Crippen LogP contribution in [0.15, 0.2) is 22.6 Å². The van der Waals surface area contributed by atoms with Crippen LogP contribution in [0.1, 0.15) is 5.89 Å². The molecule has 0 N–H and O–H groups in total. The Morgan fingerprint density at radius 3 is 3.00 bits per heavy atom. The van der Waals surface area contributed by atoms with Gasteiger partial charge in [-0.3, -0.25) is 0 Å². The number of oxazole rings is 1. The van der Waals surface area contributed by atoms with Gasteiger partial charge in [0.05, 0.1) is 0 Å². The first-order valence-corrected chi connectivity index (χ1v) is 3.29. The Kier molecular flexibility index (Phi) is 1.18. The van der Waals surface area contributed by atoms with Gasteiger partial charge in [-0.15, -0.1) is 0 Å². The van der Waals surface area contributed by atoms with E-state index in [0.717, 1.165) is 0 Å². The molecule has 1 aromatic heterocycles. The molecule has 0 aliphatic carbocycles. The van der Waals surface area contributed by atoms with Crippen molar-refractivity contribution in [3.8, 4) is 0 Å². The van der Waals surface area contributed by atoms with E-state index >= 15 is 0 Å². The molecule has 0 amide bonds. The molecule has 3 heteroatoms. The Balaban J connectivity index is 2.90. The fourth-order valence-electron chi connectivity index (χ4n) is 1.03. The zero-order valence-electron chi connectivity index (χ0n) is 5.97. The molecular formula is C8H6FNO. The van der Waals surface area contributed by atoms with Crippen LogP contribution in [0.5, 0.6) is 0 Å². The van der Waals surface area contributed by atoms with Crippen molar-refractivity contribution in [2.24, 2.45) is 0 Å². The quantitative estimate of drug-likeness (QED) is 0.577. The van der Waals surface area contributed by atoms with Crippen molar-refractivity contribution in [1.29, 1.82) is 0 Å². The molecule has 11 heavy (non-hydrogen) atoms. The fraction of sp³-hybridized carbons (Fsp3) is 0.125. The molecule has 56 valence electrons. The highest BCUT2D eigenvalue weighted by atomic mass is 19.1. The highest BCUT2D eigenvalue weighted by Crippen LogP contribution is 2.17. The van der Waals surface area contributed by atoms with Crippen molar-refractivity contribution >= 4 is 11.1 Å². The standard InChI is InChI=1S/C8H6FNO/c1-5-10-8-6(9)3-2-4-7(8)11-5/h2-4H,1H3. The van der Waals surface area contributed by atoms with Gasteiger partial charge in [-0.25, -0.2) is 9.37 Å². The topological polar surface area (TPSA) is 26.0 Å². The Bertz CT molecular complexity index is 394. The summed E-state index contributed by atoms with van der Waals surface area (Å²) in [5, 5.41) is 0. The Morgan fingerprint density at radius 2 is 2.27 bits per heavy atom. The van der Waals surface area contributed by atoms with E-state index in [0.29, 0.717) is 17.0 Å². The van der Waals surface area contributed by atoms with E-state index in [1.54, 1.807) is 19.1 Å². The molecule has 0 saturated heterocycles. The molecule has 0 unspecified atom stereocenters. The van der Waals surface area contributed by atoms with Crippen LogP contribution in [-0.4, -0.2) is 4.98 Å². The van der Waals surface area contributed by atoms with Crippen LogP contribution in [0, 0.1) is 12.7 Å². The number of halogens is 1. The predicted octanol–water partition coefficient (Wildman–Crippen LogP) is 2.28. The second-order valence-corrected chi connectivity index (χ2v) is 2.32. The summed E-state index contributed by atoms with van der Waals surface area (Å²) >= 11 is 0. The molecule has 0 aliphatic heterocycles. The lowest BCUT2D eigenvalue weighted by molar-refractivity contribution is 0.561. The lowest BCUT2D eigenvalue weighted by atomic mass is 10.3. The molecule has 0 radical (unpaired) electrons. The molecule has 1 heterocycles. The zero-order chi connectivity index (χ0) is 7.84. The van der Waals surface area contributed by atoms with Crippen LogP contribution < -0.4 is 0 Å². The SMILES string of the molecule is Cc1nc2c(F)cccc2o1. The van der Waals surface area contributed by atoms with Gasteiger partial charge in [0.15, 0.2) is 17.3 Å². The van der Waals surface area contributed by atoms with Crippen LogP contribution in [0.25, 0.3) is 11.1 Å². The number of fused-ring (bicyclic) bond motifs is 1. The lowest BCUT2D eigenvalue weighted by Gasteiger charge is -1.85. The third kappa shape index (κ3) is 0.888. The Hall–Kier alpha value is -1.38. The number of benzene rings is 1. The van der Waals surface area contributed by atoms with Gasteiger partial charge in [0.2, 0.25) is 0 Å². The maximum atomic E-state index is 12.9. The zero-order valence-corrected chi connectivity index (χ0v) is 5.97. The van der Waals surface area contributed by atoms with E-state index in [-0.39, 0.29) is 5.82 Å². The first-order chi connectivity index (χ1) is 5.27. The van der Waals surface area contributed by atoms with Crippen LogP contribution >= 0.6 is 0 Å². The molecule has 2 rings (SSSR count). The Labute approximate surface area is 62.7 Å². The second-order valence-electron chi connectivity index (χ2n) is 2.32. The summed E-state index contributed by atoms with van der Waals surface area (Å²) in [5.74, 6) is 0.157. The Morgan fingerprint density at radius 1 is 1.45 bits per heavy atom. The first-order valence-electron chi connectivity index (χ1n) is 3.29. The number of para-hydroxylation sites is 1. The summed E-state index contributed by atoms with van der Waals surface area (Å²) in [5.41, 5.74) is 0.813. The van der Waals surface area contributed by atoms with Crippen molar-refractivity contribution in [3.63, 3.8) is 0 Å². The summed E-state index contributed by atoms with van der Waals surface area (Å²) in [4.78, 5) is 3.87. The molecule has 0 fully saturated rings. The molecule has 1 aromatic carbocycles. The molecule has 0 atom stereocenters. The van der Waals surface area contributed by atoms with Gasteiger partial charge in [-0.2, -0.15) is 0 Å². The van der Waals surface area contributed by atoms with Gasteiger partial charge < -0.3 is 4.42 Å². The maximum absolute atomic E-state index is 12.9. The van der Waals surface area contributed by atoms with Gasteiger partial charge in [0, 0.05) is 6.92 Å². The highest BCUT2D eigenvalue weighted by molar-refractivity contribution is 5.72. The van der Waals surface area contributed by atoms with E-state index in [1.165, 1.54) is 6.07 Å². The van der Waals surface area contributed by atoms with Crippen molar-refractivity contribution in [1.82, 2.24) is 4.98 Å². The third-order valence-corrected chi connectivity index (χ3v) is 1.48. The fourth-order valence-corrected chi connectivity index (χ4v) is 1.03. The van der Waals surface area contributed by atoms with Crippen LogP contribution in [0.2, 0.25) is 0 Å². The molecular weight excluding hydrogens is 145 g/mol. The van der Waals surface area contributed by atoms with E-state index in [2.05, 4.69) is 4.98 Å². The average Bonchev–Trinajstić information content (AvgIpc) is 2.31. The lowest BCUT2D eigenvalue weighted by Crippen LogP contribution is -1.75. The molecule has 2 nitrogen and oxygen atoms in total. The molecule has 0 saturated carbocycles. The number of nitrogens with zero attached hydrogens (tertiary/aromatic N) is 1. The molecule has 0 spiro atoms. The van der Waals surface area contributed by atoms with Crippen LogP contribution in [0.4, 0.5) is 4.39 Å². The second kappa shape index (κ2) is 2.05. The maximum Gasteiger partial charge on any atom is 0.192 e. The minimum atomic E-state index is -0.334. The van der Waals surface area contributed by atoms with Gasteiger partial charge in [0.1, 0.15) is 5.52 Å². The smallest absolute Gasteiger partial charge is 0.192 e. The predicted molar refractivity (Wildman–Crippen MR) is 38.7 cm³/mol. The summed E-state index contributed by atoms with van der Waals surface area (Å²) in [6.45, 7) is 1.69. The average molecular weight is 151 g/mol. The molecule has 0 bridgehead atoms. The summed E-state index contributed by atoms with van der Waals surface area (Å²) in [7, 11) is 0. The van der Waals surface area contributed by atoms with Crippen LogP contribution in [-0.2, 0) is 0 Å². The van der Waals surface area contributed by atoms with E-state index in [1.807, 2.05) is 0 Å². The highest BCUT2D eigenvalue weighted by Gasteiger charge is 2.05. The number of hydrogen-bond acceptors (Lipinski definition) is 2. The van der Waals surface area contributed by atoms with Crippen molar-refractivity contribution in [2.75, 3.05) is 0 Å². The van der Waals surface area contributed by atoms with E-state index in [9.17, 15) is 4.39 Å². The number of hydrogen-bond donors (Lipinski definition) is 0. The van der Waals surface area contributed by atoms with E-state index in [4.69, 9.17) is 4.42 Å². The summed E-state index contributed by atoms with van der Waals surface area (Å²) in [6.07, 6.45) is 0. The van der Waals surface area contributed by atoms with Gasteiger partial charge in [0.25, 0.3) is 0 Å². The van der Waals surface area contributed by atoms with Gasteiger partial charge in [-0.1, -0.05) is 6.07 Å². The van der Waals surface area contributed by atoms with E-state index < -0.39 is 0 Å². The van der Waals surface area contributed by atoms with Crippen molar-refractivity contribution < 1.29 is 8.81 Å². The molecule has 2 aromatic rings. The van der Waals surface area contributed by atoms with Crippen molar-refractivity contribution in [2.45, 2.75) is 6.92 Å². The third-order valence-electron chi connectivity index (χ3n) is 1.48. The van der Waals surface area contributed by atoms with Gasteiger partial charge >= 0.3 is 0 Å². The first kappa shape index (κ1) is 6.34. The summed E-state index contributed by atoms with van der Waals surface area (Å²) in [6, 6.07) is 4.66. The normalized spacial score (nSPS) is 10.7. The summed E-state index contributed by atoms with van der Waals surface area (Å²) < 4.78 is 18.0. The van der Waals surface area contributed by atoms with Crippen molar-refractivity contribution in [3.05, 3.63) is 29.9 Å².